The summed E-state index contributed by atoms with van der Waals surface area (Å²) in [6, 6.07) is 3.87. The first-order valence-electron chi connectivity index (χ1n) is 6.04. The van der Waals surface area contributed by atoms with Crippen LogP contribution in [0.5, 0.6) is 0 Å². The number of carbonyl (C=O) groups excluding carboxylic acids is 1. The number of amides is 1. The van der Waals surface area contributed by atoms with E-state index in [1.807, 2.05) is 12.1 Å². The molecule has 1 aliphatic rings. The highest BCUT2D eigenvalue weighted by atomic mass is 79.9. The van der Waals surface area contributed by atoms with Crippen LogP contribution in [0.4, 0.5) is 0 Å². The lowest BCUT2D eigenvalue weighted by atomic mass is 9.84. The second kappa shape index (κ2) is 4.84. The molecule has 2 rings (SSSR count). The lowest BCUT2D eigenvalue weighted by molar-refractivity contribution is -0.119. The van der Waals surface area contributed by atoms with Gasteiger partial charge < -0.3 is 9.73 Å². The topological polar surface area (TPSA) is 42.2 Å². The van der Waals surface area contributed by atoms with E-state index in [4.69, 9.17) is 4.42 Å². The van der Waals surface area contributed by atoms with Crippen LogP contribution in [0.25, 0.3) is 0 Å². The van der Waals surface area contributed by atoms with Crippen molar-refractivity contribution < 1.29 is 9.21 Å². The monoisotopic (exact) mass is 299 g/mol. The summed E-state index contributed by atoms with van der Waals surface area (Å²) < 4.78 is 6.30. The molecule has 1 saturated heterocycles. The van der Waals surface area contributed by atoms with E-state index in [0.717, 1.165) is 29.7 Å². The molecule has 1 aliphatic heterocycles. The molecule has 1 fully saturated rings. The second-order valence-corrected chi connectivity index (χ2v) is 6.09. The minimum atomic E-state index is -0.109. The van der Waals surface area contributed by atoms with Crippen molar-refractivity contribution in [2.45, 2.75) is 45.1 Å². The van der Waals surface area contributed by atoms with Crippen LogP contribution in [0.3, 0.4) is 0 Å². The lowest BCUT2D eigenvalue weighted by Gasteiger charge is -2.30. The summed E-state index contributed by atoms with van der Waals surface area (Å²) in [6.45, 7) is 4.37. The molecule has 4 heteroatoms. The van der Waals surface area contributed by atoms with E-state index in [2.05, 4.69) is 35.1 Å². The van der Waals surface area contributed by atoms with Crippen molar-refractivity contribution >= 4 is 21.8 Å². The van der Waals surface area contributed by atoms with Crippen molar-refractivity contribution in [1.29, 1.82) is 0 Å². The number of carbonyl (C=O) groups is 1. The lowest BCUT2D eigenvalue weighted by Crippen LogP contribution is -2.44. The van der Waals surface area contributed by atoms with Crippen LogP contribution < -0.4 is 5.32 Å². The molecule has 1 N–H and O–H groups in total. The molecule has 1 amide bonds. The molecule has 0 spiro atoms. The van der Waals surface area contributed by atoms with Crippen molar-refractivity contribution in [2.75, 3.05) is 0 Å². The molecule has 1 atom stereocenters. The van der Waals surface area contributed by atoms with Crippen LogP contribution in [0.2, 0.25) is 0 Å². The van der Waals surface area contributed by atoms with Gasteiger partial charge in [-0.05, 0) is 46.8 Å². The molecular weight excluding hydrogens is 282 g/mol. The van der Waals surface area contributed by atoms with Gasteiger partial charge in [0.05, 0.1) is 0 Å². The standard InChI is InChI=1S/C13H18BrNO2/c1-9(2)7-13(6-5-12(16)15-13)8-10-3-4-11(14)17-10/h3-4,9H,5-8H2,1-2H3,(H,15,16). The number of furan rings is 1. The zero-order valence-electron chi connectivity index (χ0n) is 10.3. The third kappa shape index (κ3) is 3.12. The van der Waals surface area contributed by atoms with E-state index in [0.29, 0.717) is 12.3 Å². The molecule has 0 saturated carbocycles. The minimum absolute atomic E-state index is 0.109. The Morgan fingerprint density at radius 1 is 1.53 bits per heavy atom. The Kier molecular flexibility index (Phi) is 3.61. The molecule has 17 heavy (non-hydrogen) atoms. The molecule has 0 aliphatic carbocycles. The zero-order chi connectivity index (χ0) is 12.5. The molecule has 1 aromatic rings. The number of nitrogens with one attached hydrogen (secondary N) is 1. The number of halogens is 1. The van der Waals surface area contributed by atoms with Gasteiger partial charge >= 0.3 is 0 Å². The van der Waals surface area contributed by atoms with E-state index in [9.17, 15) is 4.79 Å². The number of hydrogen-bond acceptors (Lipinski definition) is 2. The van der Waals surface area contributed by atoms with Gasteiger partial charge in [0.1, 0.15) is 5.76 Å². The van der Waals surface area contributed by atoms with Gasteiger partial charge in [0.25, 0.3) is 0 Å². The molecule has 1 unspecified atom stereocenters. The summed E-state index contributed by atoms with van der Waals surface area (Å²) in [4.78, 5) is 11.5. The van der Waals surface area contributed by atoms with Gasteiger partial charge in [0.15, 0.2) is 4.67 Å². The smallest absolute Gasteiger partial charge is 0.220 e. The molecule has 94 valence electrons. The second-order valence-electron chi connectivity index (χ2n) is 5.31. The third-order valence-corrected chi connectivity index (χ3v) is 3.60. The highest BCUT2D eigenvalue weighted by molar-refractivity contribution is 9.10. The SMILES string of the molecule is CC(C)CC1(Cc2ccc(Br)o2)CCC(=O)N1. The maximum Gasteiger partial charge on any atom is 0.220 e. The van der Waals surface area contributed by atoms with E-state index in [1.165, 1.54) is 0 Å². The molecule has 2 heterocycles. The van der Waals surface area contributed by atoms with Gasteiger partial charge in [-0.1, -0.05) is 13.8 Å². The predicted molar refractivity (Wildman–Crippen MR) is 69.7 cm³/mol. The highest BCUT2D eigenvalue weighted by Crippen LogP contribution is 2.32. The summed E-state index contributed by atoms with van der Waals surface area (Å²) in [6.07, 6.45) is 3.32. The molecule has 0 bridgehead atoms. The van der Waals surface area contributed by atoms with Crippen molar-refractivity contribution in [3.8, 4) is 0 Å². The van der Waals surface area contributed by atoms with Crippen LogP contribution in [-0.4, -0.2) is 11.4 Å². The maximum atomic E-state index is 11.5. The summed E-state index contributed by atoms with van der Waals surface area (Å²) in [7, 11) is 0. The zero-order valence-corrected chi connectivity index (χ0v) is 11.8. The fraction of sp³-hybridized carbons (Fsp3) is 0.615. The molecule has 0 aromatic carbocycles. The van der Waals surface area contributed by atoms with Crippen molar-refractivity contribution in [1.82, 2.24) is 5.32 Å². The van der Waals surface area contributed by atoms with Gasteiger partial charge in [-0.2, -0.15) is 0 Å². The van der Waals surface area contributed by atoms with Crippen molar-refractivity contribution in [3.05, 3.63) is 22.6 Å². The van der Waals surface area contributed by atoms with Gasteiger partial charge in [-0.3, -0.25) is 4.79 Å². The average Bonchev–Trinajstić information content (AvgIpc) is 2.74. The van der Waals surface area contributed by atoms with Crippen LogP contribution in [0.15, 0.2) is 21.2 Å². The molecule has 0 radical (unpaired) electrons. The fourth-order valence-corrected chi connectivity index (χ4v) is 3.03. The Morgan fingerprint density at radius 3 is 2.76 bits per heavy atom. The summed E-state index contributed by atoms with van der Waals surface area (Å²) >= 11 is 3.31. The summed E-state index contributed by atoms with van der Waals surface area (Å²) in [5, 5.41) is 3.14. The predicted octanol–water partition coefficient (Wildman–Crippen LogP) is 3.28. The molecule has 3 nitrogen and oxygen atoms in total. The number of rotatable bonds is 4. The van der Waals surface area contributed by atoms with Crippen molar-refractivity contribution in [2.24, 2.45) is 5.92 Å². The minimum Gasteiger partial charge on any atom is -0.454 e. The van der Waals surface area contributed by atoms with Crippen LogP contribution in [0.1, 0.15) is 38.9 Å². The van der Waals surface area contributed by atoms with Crippen LogP contribution in [0, 0.1) is 5.92 Å². The van der Waals surface area contributed by atoms with Crippen LogP contribution >= 0.6 is 15.9 Å². The average molecular weight is 300 g/mol. The van der Waals surface area contributed by atoms with Gasteiger partial charge in [-0.15, -0.1) is 0 Å². The Bertz CT molecular complexity index is 413. The first-order chi connectivity index (χ1) is 7.99. The Hall–Kier alpha value is -0.770. The van der Waals surface area contributed by atoms with E-state index in [1.54, 1.807) is 0 Å². The third-order valence-electron chi connectivity index (χ3n) is 3.18. The first kappa shape index (κ1) is 12.7. The Morgan fingerprint density at radius 2 is 2.29 bits per heavy atom. The maximum absolute atomic E-state index is 11.5. The van der Waals surface area contributed by atoms with E-state index >= 15 is 0 Å². The molecule has 1 aromatic heterocycles. The van der Waals surface area contributed by atoms with Gasteiger partial charge in [0, 0.05) is 18.4 Å². The van der Waals surface area contributed by atoms with E-state index in [-0.39, 0.29) is 11.4 Å². The number of hydrogen-bond donors (Lipinski definition) is 1. The molecular formula is C13H18BrNO2. The van der Waals surface area contributed by atoms with Gasteiger partial charge in [-0.25, -0.2) is 0 Å². The van der Waals surface area contributed by atoms with Gasteiger partial charge in [0.2, 0.25) is 5.91 Å². The quantitative estimate of drug-likeness (QED) is 0.927. The van der Waals surface area contributed by atoms with Crippen molar-refractivity contribution in [3.63, 3.8) is 0 Å². The Labute approximate surface area is 110 Å². The summed E-state index contributed by atoms with van der Waals surface area (Å²) in [5.74, 6) is 1.66. The van der Waals surface area contributed by atoms with E-state index < -0.39 is 0 Å². The summed E-state index contributed by atoms with van der Waals surface area (Å²) in [5.41, 5.74) is -0.109. The first-order valence-corrected chi connectivity index (χ1v) is 6.84. The Balaban J connectivity index is 2.13. The largest absolute Gasteiger partial charge is 0.454 e. The fourth-order valence-electron chi connectivity index (χ4n) is 2.69. The van der Waals surface area contributed by atoms with Crippen LogP contribution in [-0.2, 0) is 11.2 Å². The normalized spacial score (nSPS) is 24.4. The highest BCUT2D eigenvalue weighted by Gasteiger charge is 2.38.